The molecule has 1 aliphatic heterocycles. The number of aryl methyl sites for hydroxylation is 1. The Bertz CT molecular complexity index is 936. The zero-order valence-corrected chi connectivity index (χ0v) is 19.7. The van der Waals surface area contributed by atoms with Crippen LogP contribution >= 0.6 is 0 Å². The van der Waals surface area contributed by atoms with Gasteiger partial charge in [-0.25, -0.2) is 5.48 Å². The molecule has 3 N–H and O–H groups in total. The van der Waals surface area contributed by atoms with Crippen LogP contribution in [0.2, 0.25) is 0 Å². The van der Waals surface area contributed by atoms with Crippen molar-refractivity contribution >= 4 is 17.7 Å². The molecular weight excluding hydrogens is 434 g/mol. The molecule has 0 saturated carbocycles. The van der Waals surface area contributed by atoms with Crippen molar-refractivity contribution in [1.29, 1.82) is 0 Å². The van der Waals surface area contributed by atoms with Gasteiger partial charge in [0.1, 0.15) is 6.04 Å². The van der Waals surface area contributed by atoms with E-state index in [2.05, 4.69) is 30.0 Å². The van der Waals surface area contributed by atoms with Gasteiger partial charge in [0.05, 0.1) is 6.61 Å². The molecule has 3 atom stereocenters. The second kappa shape index (κ2) is 12.9. The predicted molar refractivity (Wildman–Crippen MR) is 127 cm³/mol. The number of epoxide rings is 1. The second-order valence-electron chi connectivity index (χ2n) is 8.78. The molecular formula is C26H33N3O5. The van der Waals surface area contributed by atoms with Crippen molar-refractivity contribution in [2.75, 3.05) is 6.54 Å². The number of rotatable bonds is 13. The summed E-state index contributed by atoms with van der Waals surface area (Å²) in [4.78, 5) is 42.9. The highest BCUT2D eigenvalue weighted by Crippen LogP contribution is 2.23. The van der Waals surface area contributed by atoms with Crippen molar-refractivity contribution in [2.24, 2.45) is 5.92 Å². The van der Waals surface area contributed by atoms with Crippen LogP contribution in [0.15, 0.2) is 60.7 Å². The lowest BCUT2D eigenvalue weighted by Crippen LogP contribution is -2.49. The second-order valence-corrected chi connectivity index (χ2v) is 8.78. The van der Waals surface area contributed by atoms with Gasteiger partial charge < -0.3 is 15.4 Å². The van der Waals surface area contributed by atoms with Gasteiger partial charge in [-0.15, -0.1) is 0 Å². The number of amides is 3. The van der Waals surface area contributed by atoms with Gasteiger partial charge in [-0.3, -0.25) is 19.2 Å². The summed E-state index contributed by atoms with van der Waals surface area (Å²) < 4.78 is 5.26. The van der Waals surface area contributed by atoms with E-state index >= 15 is 0 Å². The summed E-state index contributed by atoms with van der Waals surface area (Å²) in [7, 11) is 0. The minimum Gasteiger partial charge on any atom is -0.354 e. The first kappa shape index (κ1) is 25.4. The first-order chi connectivity index (χ1) is 16.4. The molecule has 1 fully saturated rings. The van der Waals surface area contributed by atoms with E-state index in [1.807, 2.05) is 60.7 Å². The van der Waals surface area contributed by atoms with Gasteiger partial charge in [-0.1, -0.05) is 74.5 Å². The highest BCUT2D eigenvalue weighted by Gasteiger charge is 2.51. The third-order valence-electron chi connectivity index (χ3n) is 5.48. The highest BCUT2D eigenvalue weighted by molar-refractivity contribution is 5.96. The quantitative estimate of drug-likeness (QED) is 0.309. The number of hydroxylamine groups is 1. The zero-order chi connectivity index (χ0) is 24.3. The van der Waals surface area contributed by atoms with E-state index in [1.165, 1.54) is 0 Å². The first-order valence-electron chi connectivity index (χ1n) is 11.7. The monoisotopic (exact) mass is 467 g/mol. The summed E-state index contributed by atoms with van der Waals surface area (Å²) in [6, 6.07) is 18.4. The first-order valence-corrected chi connectivity index (χ1v) is 11.7. The Hall–Kier alpha value is -3.23. The number of carbonyl (C=O) groups excluding carboxylic acids is 3. The van der Waals surface area contributed by atoms with Gasteiger partial charge in [0.15, 0.2) is 12.2 Å². The lowest BCUT2D eigenvalue weighted by atomic mass is 10.0. The van der Waals surface area contributed by atoms with E-state index in [0.29, 0.717) is 25.3 Å². The summed E-state index contributed by atoms with van der Waals surface area (Å²) in [6.07, 6.45) is 0.0406. The molecule has 0 spiro atoms. The standard InChI is InChI=1S/C26H33N3O5/c1-18(2)15-16-27-24(30)21(14-13-19-9-5-3-6-10-19)28-25(31)22-23(34-22)26(32)29-33-17-20-11-7-4-8-12-20/h3-12,18,21-23H,13-17H2,1-2H3,(H,27,30)(H,28,31)(H,29,32)/t21-,22+,23+/m0/s1. The van der Waals surface area contributed by atoms with Gasteiger partial charge in [0.25, 0.3) is 11.8 Å². The predicted octanol–water partition coefficient (Wildman–Crippen LogP) is 2.28. The van der Waals surface area contributed by atoms with Gasteiger partial charge in [0.2, 0.25) is 5.91 Å². The van der Waals surface area contributed by atoms with Gasteiger partial charge >= 0.3 is 0 Å². The highest BCUT2D eigenvalue weighted by atomic mass is 16.7. The van der Waals surface area contributed by atoms with E-state index in [1.54, 1.807) is 0 Å². The summed E-state index contributed by atoms with van der Waals surface area (Å²) in [5.41, 5.74) is 4.29. The van der Waals surface area contributed by atoms with Gasteiger partial charge in [-0.05, 0) is 36.3 Å². The van der Waals surface area contributed by atoms with E-state index < -0.39 is 30.1 Å². The molecule has 0 radical (unpaired) electrons. The normalized spacial score (nSPS) is 17.6. The van der Waals surface area contributed by atoms with Crippen molar-refractivity contribution in [2.45, 2.75) is 58.0 Å². The Balaban J connectivity index is 1.48. The van der Waals surface area contributed by atoms with Crippen molar-refractivity contribution in [3.63, 3.8) is 0 Å². The number of carbonyl (C=O) groups is 3. The molecule has 1 saturated heterocycles. The maximum atomic E-state index is 12.8. The molecule has 3 rings (SSSR count). The number of benzene rings is 2. The molecule has 1 heterocycles. The van der Waals surface area contributed by atoms with Crippen LogP contribution < -0.4 is 16.1 Å². The van der Waals surface area contributed by atoms with E-state index in [0.717, 1.165) is 17.5 Å². The van der Waals surface area contributed by atoms with Crippen LogP contribution in [0.1, 0.15) is 37.8 Å². The van der Waals surface area contributed by atoms with Crippen molar-refractivity contribution in [3.8, 4) is 0 Å². The molecule has 182 valence electrons. The molecule has 0 aliphatic carbocycles. The Morgan fingerprint density at radius 1 is 0.882 bits per heavy atom. The fourth-order valence-electron chi connectivity index (χ4n) is 3.42. The maximum Gasteiger partial charge on any atom is 0.275 e. The van der Waals surface area contributed by atoms with E-state index in [4.69, 9.17) is 9.57 Å². The molecule has 0 bridgehead atoms. The lowest BCUT2D eigenvalue weighted by Gasteiger charge is -2.18. The van der Waals surface area contributed by atoms with Crippen molar-refractivity contribution in [1.82, 2.24) is 16.1 Å². The Kier molecular flexibility index (Phi) is 9.61. The molecule has 2 aromatic rings. The Morgan fingerprint density at radius 2 is 1.50 bits per heavy atom. The van der Waals surface area contributed by atoms with Crippen LogP contribution in [-0.4, -0.2) is 42.5 Å². The van der Waals surface area contributed by atoms with Gasteiger partial charge in [0, 0.05) is 6.54 Å². The molecule has 1 aliphatic rings. The van der Waals surface area contributed by atoms with E-state index in [9.17, 15) is 14.4 Å². The SMILES string of the molecule is CC(C)CCNC(=O)[C@H](CCc1ccccc1)NC(=O)[C@@H]1O[C@H]1C(=O)NOCc1ccccc1. The number of ether oxygens (including phenoxy) is 1. The summed E-state index contributed by atoms with van der Waals surface area (Å²) in [6.45, 7) is 4.91. The molecule has 2 aromatic carbocycles. The fourth-order valence-corrected chi connectivity index (χ4v) is 3.42. The average Bonchev–Trinajstić information content (AvgIpc) is 3.64. The van der Waals surface area contributed by atoms with Gasteiger partial charge in [-0.2, -0.15) is 0 Å². The molecule has 3 amide bonds. The van der Waals surface area contributed by atoms with Crippen LogP contribution in [0, 0.1) is 5.92 Å². The van der Waals surface area contributed by atoms with Crippen LogP contribution in [0.3, 0.4) is 0 Å². The lowest BCUT2D eigenvalue weighted by molar-refractivity contribution is -0.136. The molecule has 0 unspecified atom stereocenters. The fraction of sp³-hybridized carbons (Fsp3) is 0.423. The van der Waals surface area contributed by atoms with Crippen LogP contribution in [0.25, 0.3) is 0 Å². The molecule has 8 heteroatoms. The largest absolute Gasteiger partial charge is 0.354 e. The number of hydrogen-bond donors (Lipinski definition) is 3. The summed E-state index contributed by atoms with van der Waals surface area (Å²) >= 11 is 0. The summed E-state index contributed by atoms with van der Waals surface area (Å²) in [5, 5.41) is 5.66. The average molecular weight is 468 g/mol. The number of hydrogen-bond acceptors (Lipinski definition) is 5. The van der Waals surface area contributed by atoms with E-state index in [-0.39, 0.29) is 12.5 Å². The van der Waals surface area contributed by atoms with Crippen LogP contribution in [0.5, 0.6) is 0 Å². The summed E-state index contributed by atoms with van der Waals surface area (Å²) in [5.74, 6) is -0.794. The zero-order valence-electron chi connectivity index (χ0n) is 19.7. The Labute approximate surface area is 200 Å². The minimum absolute atomic E-state index is 0.203. The number of nitrogens with one attached hydrogen (secondary N) is 3. The Morgan fingerprint density at radius 3 is 2.15 bits per heavy atom. The van der Waals surface area contributed by atoms with Crippen LogP contribution in [0.4, 0.5) is 0 Å². The van der Waals surface area contributed by atoms with Crippen molar-refractivity contribution < 1.29 is 24.0 Å². The van der Waals surface area contributed by atoms with Crippen molar-refractivity contribution in [3.05, 3.63) is 71.8 Å². The molecule has 34 heavy (non-hydrogen) atoms. The topological polar surface area (TPSA) is 109 Å². The third-order valence-corrected chi connectivity index (χ3v) is 5.48. The maximum absolute atomic E-state index is 12.8. The molecule has 8 nitrogen and oxygen atoms in total. The van der Waals surface area contributed by atoms with Crippen LogP contribution in [-0.2, 0) is 37.0 Å². The third kappa shape index (κ3) is 8.28. The minimum atomic E-state index is -0.942. The smallest absolute Gasteiger partial charge is 0.275 e. The molecule has 0 aromatic heterocycles.